The molecule has 0 saturated carbocycles. The zero-order valence-electron chi connectivity index (χ0n) is 14.1. The molecule has 0 aliphatic heterocycles. The lowest BCUT2D eigenvalue weighted by molar-refractivity contribution is 0.368. The van der Waals surface area contributed by atoms with Crippen LogP contribution in [0, 0.1) is 0 Å². The normalized spacial score (nSPS) is 10.9. The van der Waals surface area contributed by atoms with E-state index in [1.165, 1.54) is 0 Å². The number of hydrogen-bond acceptors (Lipinski definition) is 6. The van der Waals surface area contributed by atoms with Crippen LogP contribution in [-0.4, -0.2) is 12.2 Å². The summed E-state index contributed by atoms with van der Waals surface area (Å²) in [6.07, 6.45) is 3.30. The number of phenolic OH excluding ortho intramolecular Hbond substituents is 1. The first-order chi connectivity index (χ1) is 12.3. The lowest BCUT2D eigenvalue weighted by Gasteiger charge is -2.13. The van der Waals surface area contributed by atoms with Gasteiger partial charge in [0.15, 0.2) is 11.5 Å². The van der Waals surface area contributed by atoms with Gasteiger partial charge in [0.2, 0.25) is 0 Å². The van der Waals surface area contributed by atoms with Crippen LogP contribution < -0.4 is 15.4 Å². The molecule has 2 heterocycles. The Morgan fingerprint density at radius 1 is 0.920 bits per heavy atom. The summed E-state index contributed by atoms with van der Waals surface area (Å²) in [6.45, 7) is 2.38. The zero-order valence-corrected chi connectivity index (χ0v) is 14.1. The highest BCUT2D eigenvalue weighted by Gasteiger charge is 2.11. The lowest BCUT2D eigenvalue weighted by atomic mass is 10.1. The summed E-state index contributed by atoms with van der Waals surface area (Å²) >= 11 is 0. The summed E-state index contributed by atoms with van der Waals surface area (Å²) in [4.78, 5) is 0. The van der Waals surface area contributed by atoms with Crippen molar-refractivity contribution in [3.63, 3.8) is 0 Å². The molecule has 3 aromatic rings. The van der Waals surface area contributed by atoms with E-state index in [0.717, 1.165) is 22.6 Å². The van der Waals surface area contributed by atoms with Crippen molar-refractivity contribution < 1.29 is 18.7 Å². The van der Waals surface area contributed by atoms with E-state index in [0.29, 0.717) is 31.9 Å². The molecule has 0 aliphatic carbocycles. The Kier molecular flexibility index (Phi) is 5.77. The minimum absolute atomic E-state index is 0.157. The summed E-state index contributed by atoms with van der Waals surface area (Å²) in [6, 6.07) is 11.3. The maximum absolute atomic E-state index is 10.3. The molecule has 3 N–H and O–H groups in total. The van der Waals surface area contributed by atoms with Gasteiger partial charge in [-0.25, -0.2) is 0 Å². The molecule has 2 aromatic heterocycles. The van der Waals surface area contributed by atoms with Crippen molar-refractivity contribution in [2.45, 2.75) is 26.2 Å². The van der Waals surface area contributed by atoms with E-state index in [-0.39, 0.29) is 5.75 Å². The Labute approximate surface area is 146 Å². The quantitative estimate of drug-likeness (QED) is 0.554. The van der Waals surface area contributed by atoms with Gasteiger partial charge in [-0.15, -0.1) is 0 Å². The molecule has 0 spiro atoms. The highest BCUT2D eigenvalue weighted by atomic mass is 16.5. The Bertz CT molecular complexity index is 767. The molecule has 3 rings (SSSR count). The average Bonchev–Trinajstić information content (AvgIpc) is 3.31. The second kappa shape index (κ2) is 8.41. The van der Waals surface area contributed by atoms with Gasteiger partial charge in [0.05, 0.1) is 32.7 Å². The number of furan rings is 2. The van der Waals surface area contributed by atoms with Crippen LogP contribution in [0.5, 0.6) is 11.5 Å². The van der Waals surface area contributed by atoms with E-state index in [4.69, 9.17) is 13.6 Å². The lowest BCUT2D eigenvalue weighted by Crippen LogP contribution is -2.15. The number of rotatable bonds is 9. The fourth-order valence-electron chi connectivity index (χ4n) is 2.60. The van der Waals surface area contributed by atoms with Crippen LogP contribution in [0.15, 0.2) is 57.8 Å². The second-order valence-electron chi connectivity index (χ2n) is 5.67. The van der Waals surface area contributed by atoms with Crippen LogP contribution in [0.4, 0.5) is 0 Å². The van der Waals surface area contributed by atoms with Gasteiger partial charge < -0.3 is 29.3 Å². The number of nitrogens with one attached hydrogen (secondary N) is 2. The summed E-state index contributed by atoms with van der Waals surface area (Å²) in [5, 5.41) is 16.9. The minimum atomic E-state index is 0.157. The van der Waals surface area contributed by atoms with Crippen molar-refractivity contribution >= 4 is 0 Å². The van der Waals surface area contributed by atoms with Crippen LogP contribution in [0.25, 0.3) is 0 Å². The largest absolute Gasteiger partial charge is 0.504 e. The van der Waals surface area contributed by atoms with Crippen LogP contribution in [0.3, 0.4) is 0 Å². The van der Waals surface area contributed by atoms with Crippen molar-refractivity contribution in [2.24, 2.45) is 0 Å². The van der Waals surface area contributed by atoms with Crippen LogP contribution in [0.2, 0.25) is 0 Å². The van der Waals surface area contributed by atoms with Gasteiger partial charge in [0.25, 0.3) is 0 Å². The summed E-state index contributed by atoms with van der Waals surface area (Å²) in [7, 11) is 1.55. The van der Waals surface area contributed by atoms with E-state index < -0.39 is 0 Å². The molecular weight excluding hydrogens is 320 g/mol. The second-order valence-corrected chi connectivity index (χ2v) is 5.67. The maximum Gasteiger partial charge on any atom is 0.162 e. The van der Waals surface area contributed by atoms with Gasteiger partial charge in [-0.3, -0.25) is 0 Å². The Balaban J connectivity index is 1.62. The predicted octanol–water partition coefficient (Wildman–Crippen LogP) is 3.17. The highest BCUT2D eigenvalue weighted by molar-refractivity contribution is 5.48. The Morgan fingerprint density at radius 2 is 1.56 bits per heavy atom. The van der Waals surface area contributed by atoms with E-state index in [1.807, 2.05) is 36.4 Å². The smallest absolute Gasteiger partial charge is 0.162 e. The molecule has 0 unspecified atom stereocenters. The van der Waals surface area contributed by atoms with E-state index in [9.17, 15) is 5.11 Å². The molecule has 0 fully saturated rings. The van der Waals surface area contributed by atoms with Crippen LogP contribution >= 0.6 is 0 Å². The molecule has 0 amide bonds. The van der Waals surface area contributed by atoms with Gasteiger partial charge in [0.1, 0.15) is 11.5 Å². The third-order valence-electron chi connectivity index (χ3n) is 3.84. The molecular formula is C19H22N2O4. The molecule has 6 heteroatoms. The Morgan fingerprint density at radius 3 is 2.12 bits per heavy atom. The third kappa shape index (κ3) is 4.65. The summed E-state index contributed by atoms with van der Waals surface area (Å²) < 4.78 is 15.9. The first-order valence-corrected chi connectivity index (χ1v) is 8.11. The molecule has 0 aliphatic rings. The van der Waals surface area contributed by atoms with Gasteiger partial charge in [0, 0.05) is 18.7 Å². The first kappa shape index (κ1) is 17.1. The molecule has 1 aromatic carbocycles. The third-order valence-corrected chi connectivity index (χ3v) is 3.84. The van der Waals surface area contributed by atoms with E-state index in [2.05, 4.69) is 10.6 Å². The van der Waals surface area contributed by atoms with Gasteiger partial charge in [-0.05, 0) is 42.0 Å². The van der Waals surface area contributed by atoms with Crippen LogP contribution in [-0.2, 0) is 26.2 Å². The fraction of sp³-hybridized carbons (Fsp3) is 0.263. The molecule has 0 atom stereocenters. The van der Waals surface area contributed by atoms with Crippen molar-refractivity contribution in [1.82, 2.24) is 10.6 Å². The van der Waals surface area contributed by atoms with Gasteiger partial charge in [-0.2, -0.15) is 0 Å². The van der Waals surface area contributed by atoms with Crippen LogP contribution in [0.1, 0.15) is 22.6 Å². The van der Waals surface area contributed by atoms with E-state index >= 15 is 0 Å². The zero-order chi connectivity index (χ0) is 17.5. The van der Waals surface area contributed by atoms with Crippen molar-refractivity contribution in [3.8, 4) is 11.5 Å². The van der Waals surface area contributed by atoms with E-state index in [1.54, 1.807) is 19.6 Å². The minimum Gasteiger partial charge on any atom is -0.504 e. The number of ether oxygens (including phenoxy) is 1. The number of methoxy groups -OCH3 is 1. The van der Waals surface area contributed by atoms with Gasteiger partial charge >= 0.3 is 0 Å². The first-order valence-electron chi connectivity index (χ1n) is 8.11. The standard InChI is InChI=1S/C19H22N2O4/c1-23-18-9-14(10-20-12-16-4-2-6-24-16)8-15(19(18)22)11-21-13-17-5-3-7-25-17/h2-9,20-22H,10-13H2,1H3. The topological polar surface area (TPSA) is 79.8 Å². The predicted molar refractivity (Wildman–Crippen MR) is 93.2 cm³/mol. The van der Waals surface area contributed by atoms with Gasteiger partial charge in [-0.1, -0.05) is 0 Å². The van der Waals surface area contributed by atoms with Crippen molar-refractivity contribution in [2.75, 3.05) is 7.11 Å². The molecule has 0 saturated heterocycles. The molecule has 132 valence electrons. The Hall–Kier alpha value is -2.70. The molecule has 25 heavy (non-hydrogen) atoms. The maximum atomic E-state index is 10.3. The number of hydrogen-bond donors (Lipinski definition) is 3. The SMILES string of the molecule is COc1cc(CNCc2ccco2)cc(CNCc2ccco2)c1O. The molecule has 0 bridgehead atoms. The average molecular weight is 342 g/mol. The number of aromatic hydroxyl groups is 1. The molecule has 6 nitrogen and oxygen atoms in total. The highest BCUT2D eigenvalue weighted by Crippen LogP contribution is 2.31. The fourth-order valence-corrected chi connectivity index (χ4v) is 2.60. The molecule has 0 radical (unpaired) electrons. The summed E-state index contributed by atoms with van der Waals surface area (Å²) in [5.74, 6) is 2.35. The van der Waals surface area contributed by atoms with Crippen molar-refractivity contribution in [1.29, 1.82) is 0 Å². The monoisotopic (exact) mass is 342 g/mol. The van der Waals surface area contributed by atoms with Crippen molar-refractivity contribution in [3.05, 3.63) is 71.6 Å². The summed E-state index contributed by atoms with van der Waals surface area (Å²) in [5.41, 5.74) is 1.80. The number of benzene rings is 1. The number of phenols is 1.